The van der Waals surface area contributed by atoms with Crippen molar-refractivity contribution < 1.29 is 14.3 Å². The van der Waals surface area contributed by atoms with Crippen molar-refractivity contribution in [3.8, 4) is 11.5 Å². The minimum atomic E-state index is -0.127. The van der Waals surface area contributed by atoms with Crippen LogP contribution in [0.5, 0.6) is 11.5 Å². The number of urea groups is 1. The maximum atomic E-state index is 13.6. The molecule has 1 saturated heterocycles. The largest absolute Gasteiger partial charge is 0.455 e. The molecule has 0 N–H and O–H groups in total. The molecule has 3 aromatic rings. The number of pyridine rings is 1. The summed E-state index contributed by atoms with van der Waals surface area (Å²) in [6.45, 7) is 2.30. The number of fused-ring (bicyclic) bond motifs is 2. The van der Waals surface area contributed by atoms with Gasteiger partial charge >= 0.3 is 6.03 Å². The molecule has 33 heavy (non-hydrogen) atoms. The molecule has 0 spiro atoms. The molecule has 8 heteroatoms. The van der Waals surface area contributed by atoms with Crippen LogP contribution in [-0.4, -0.2) is 52.9 Å². The van der Waals surface area contributed by atoms with Gasteiger partial charge in [-0.05, 0) is 35.9 Å². The number of amides is 3. The van der Waals surface area contributed by atoms with Crippen molar-refractivity contribution in [2.45, 2.75) is 13.0 Å². The molecule has 1 aromatic heterocycles. The van der Waals surface area contributed by atoms with Crippen molar-refractivity contribution >= 4 is 29.2 Å². The van der Waals surface area contributed by atoms with Crippen LogP contribution in [0.25, 0.3) is 0 Å². The first-order chi connectivity index (χ1) is 16.1. The van der Waals surface area contributed by atoms with Gasteiger partial charge in [0.25, 0.3) is 0 Å². The quantitative estimate of drug-likeness (QED) is 0.567. The summed E-state index contributed by atoms with van der Waals surface area (Å²) in [4.78, 5) is 35.7. The van der Waals surface area contributed by atoms with Gasteiger partial charge in [-0.1, -0.05) is 35.9 Å². The average Bonchev–Trinajstić information content (AvgIpc) is 3.01. The van der Waals surface area contributed by atoms with E-state index in [-0.39, 0.29) is 11.9 Å². The molecule has 1 fully saturated rings. The number of aromatic nitrogens is 1. The Morgan fingerprint density at radius 1 is 0.939 bits per heavy atom. The normalized spacial score (nSPS) is 15.2. The maximum absolute atomic E-state index is 13.6. The topological polar surface area (TPSA) is 66.0 Å². The Morgan fingerprint density at radius 2 is 1.73 bits per heavy atom. The van der Waals surface area contributed by atoms with E-state index < -0.39 is 0 Å². The minimum absolute atomic E-state index is 0.0457. The van der Waals surface area contributed by atoms with Gasteiger partial charge in [-0.25, -0.2) is 4.79 Å². The van der Waals surface area contributed by atoms with Gasteiger partial charge in [0.05, 0.1) is 18.7 Å². The van der Waals surface area contributed by atoms with Crippen molar-refractivity contribution in [2.75, 3.05) is 31.1 Å². The highest BCUT2D eigenvalue weighted by atomic mass is 35.5. The smallest absolute Gasteiger partial charge is 0.325 e. The SMILES string of the molecule is O=C(Cc1cccnc1)N1CCN(C(=O)N2Cc3ccccc3Oc3ccc(Cl)cc32)CC1. The van der Waals surface area contributed by atoms with Crippen LogP contribution in [0.2, 0.25) is 5.02 Å². The van der Waals surface area contributed by atoms with E-state index in [1.165, 1.54) is 0 Å². The molecular formula is C25H23ClN4O3. The number of benzene rings is 2. The summed E-state index contributed by atoms with van der Waals surface area (Å²) < 4.78 is 6.10. The number of anilines is 1. The molecular weight excluding hydrogens is 440 g/mol. The van der Waals surface area contributed by atoms with Gasteiger partial charge in [0, 0.05) is 49.2 Å². The van der Waals surface area contributed by atoms with E-state index in [9.17, 15) is 9.59 Å². The van der Waals surface area contributed by atoms with Gasteiger partial charge in [0.1, 0.15) is 5.75 Å². The molecule has 0 radical (unpaired) electrons. The number of ether oxygens (including phenoxy) is 1. The molecule has 2 aromatic carbocycles. The van der Waals surface area contributed by atoms with Crippen LogP contribution in [0.1, 0.15) is 11.1 Å². The Labute approximate surface area is 197 Å². The van der Waals surface area contributed by atoms with Crippen molar-refractivity contribution in [1.29, 1.82) is 0 Å². The van der Waals surface area contributed by atoms with Gasteiger partial charge in [0.15, 0.2) is 5.75 Å². The first-order valence-corrected chi connectivity index (χ1v) is 11.2. The minimum Gasteiger partial charge on any atom is -0.455 e. The van der Waals surface area contributed by atoms with Gasteiger partial charge < -0.3 is 14.5 Å². The molecule has 0 saturated carbocycles. The first kappa shape index (κ1) is 21.3. The number of carbonyl (C=O) groups excluding carboxylic acids is 2. The number of hydrogen-bond donors (Lipinski definition) is 0. The lowest BCUT2D eigenvalue weighted by atomic mass is 10.1. The van der Waals surface area contributed by atoms with Crippen LogP contribution >= 0.6 is 11.6 Å². The Kier molecular flexibility index (Phi) is 5.88. The fraction of sp³-hybridized carbons (Fsp3) is 0.240. The van der Waals surface area contributed by atoms with Crippen molar-refractivity contribution in [1.82, 2.24) is 14.8 Å². The van der Waals surface area contributed by atoms with Gasteiger partial charge in [-0.2, -0.15) is 0 Å². The van der Waals surface area contributed by atoms with Gasteiger partial charge in [0.2, 0.25) is 5.91 Å². The third-order valence-corrected chi connectivity index (χ3v) is 6.18. The van der Waals surface area contributed by atoms with Crippen LogP contribution in [-0.2, 0) is 17.8 Å². The summed E-state index contributed by atoms with van der Waals surface area (Å²) in [5.41, 5.74) is 2.44. The standard InChI is InChI=1S/C25H23ClN4O3/c26-20-7-8-23-21(15-20)30(17-19-5-1-2-6-22(19)33-23)25(32)29-12-10-28(11-13-29)24(31)14-18-4-3-9-27-16-18/h1-9,15-16H,10-14,17H2. The highest BCUT2D eigenvalue weighted by Gasteiger charge is 2.31. The Morgan fingerprint density at radius 3 is 2.52 bits per heavy atom. The van der Waals surface area contributed by atoms with Crippen LogP contribution in [0.4, 0.5) is 10.5 Å². The molecule has 7 nitrogen and oxygen atoms in total. The monoisotopic (exact) mass is 462 g/mol. The predicted octanol–water partition coefficient (Wildman–Crippen LogP) is 4.35. The predicted molar refractivity (Wildman–Crippen MR) is 126 cm³/mol. The zero-order valence-corrected chi connectivity index (χ0v) is 18.7. The van der Waals surface area contributed by atoms with E-state index in [1.807, 2.05) is 41.3 Å². The molecule has 0 bridgehead atoms. The summed E-state index contributed by atoms with van der Waals surface area (Å²) >= 11 is 6.26. The van der Waals surface area contributed by atoms with Crippen LogP contribution < -0.4 is 9.64 Å². The Bertz CT molecular complexity index is 1180. The molecule has 3 amide bonds. The highest BCUT2D eigenvalue weighted by molar-refractivity contribution is 6.31. The van der Waals surface area contributed by atoms with Crippen LogP contribution in [0.15, 0.2) is 67.0 Å². The maximum Gasteiger partial charge on any atom is 0.325 e. The molecule has 5 rings (SSSR count). The lowest BCUT2D eigenvalue weighted by Crippen LogP contribution is -2.54. The van der Waals surface area contributed by atoms with Crippen LogP contribution in [0.3, 0.4) is 0 Å². The zero-order valence-electron chi connectivity index (χ0n) is 18.0. The van der Waals surface area contributed by atoms with E-state index in [1.54, 1.807) is 40.4 Å². The van der Waals surface area contributed by atoms with Crippen LogP contribution in [0, 0.1) is 0 Å². The lowest BCUT2D eigenvalue weighted by Gasteiger charge is -2.37. The average molecular weight is 463 g/mol. The zero-order chi connectivity index (χ0) is 22.8. The highest BCUT2D eigenvalue weighted by Crippen LogP contribution is 2.40. The Hall–Kier alpha value is -3.58. The summed E-state index contributed by atoms with van der Waals surface area (Å²) in [7, 11) is 0. The lowest BCUT2D eigenvalue weighted by molar-refractivity contribution is -0.131. The van der Waals surface area contributed by atoms with Crippen molar-refractivity contribution in [2.24, 2.45) is 0 Å². The summed E-state index contributed by atoms with van der Waals surface area (Å²) in [6.07, 6.45) is 3.71. The molecule has 0 unspecified atom stereocenters. The summed E-state index contributed by atoms with van der Waals surface area (Å²) in [5, 5.41) is 0.534. The molecule has 0 atom stereocenters. The van der Waals surface area contributed by atoms with E-state index in [0.717, 1.165) is 16.9 Å². The number of rotatable bonds is 2. The second kappa shape index (κ2) is 9.11. The number of hydrogen-bond acceptors (Lipinski definition) is 4. The fourth-order valence-corrected chi connectivity index (χ4v) is 4.34. The third kappa shape index (κ3) is 4.50. The Balaban J connectivity index is 1.31. The van der Waals surface area contributed by atoms with Crippen molar-refractivity contribution in [3.63, 3.8) is 0 Å². The second-order valence-electron chi connectivity index (χ2n) is 8.10. The summed E-state index contributed by atoms with van der Waals surface area (Å²) in [6, 6.07) is 16.6. The number of carbonyl (C=O) groups is 2. The molecule has 168 valence electrons. The van der Waals surface area contributed by atoms with E-state index in [2.05, 4.69) is 4.98 Å². The molecule has 3 heterocycles. The van der Waals surface area contributed by atoms with E-state index in [4.69, 9.17) is 16.3 Å². The summed E-state index contributed by atoms with van der Waals surface area (Å²) in [5.74, 6) is 1.36. The fourth-order valence-electron chi connectivity index (χ4n) is 4.17. The van der Waals surface area contributed by atoms with Gasteiger partial charge in [-0.3, -0.25) is 14.7 Å². The van der Waals surface area contributed by atoms with Crippen molar-refractivity contribution in [3.05, 3.63) is 83.1 Å². The van der Waals surface area contributed by atoms with E-state index in [0.29, 0.717) is 55.6 Å². The number of piperazine rings is 1. The molecule has 0 aliphatic carbocycles. The first-order valence-electron chi connectivity index (χ1n) is 10.9. The second-order valence-corrected chi connectivity index (χ2v) is 8.53. The molecule has 2 aliphatic heterocycles. The van der Waals surface area contributed by atoms with Gasteiger partial charge in [-0.15, -0.1) is 0 Å². The number of para-hydroxylation sites is 1. The van der Waals surface area contributed by atoms with E-state index >= 15 is 0 Å². The third-order valence-electron chi connectivity index (χ3n) is 5.94. The number of halogens is 1. The number of nitrogens with zero attached hydrogens (tertiary/aromatic N) is 4. The molecule has 2 aliphatic rings.